The number of aliphatic hydroxyl groups is 1. The van der Waals surface area contributed by atoms with Crippen molar-refractivity contribution in [3.8, 4) is 6.07 Å². The van der Waals surface area contributed by atoms with Gasteiger partial charge >= 0.3 is 12.4 Å². The number of halogens is 6. The predicted molar refractivity (Wildman–Crippen MR) is 115 cm³/mol. The SMILES string of the molecule is N#C/C(=C\c1cn(Cc2cc(C(F)(F)F)cc(C(F)(F)F)c2)c2ncccc12)C(=O)CCCCO. The van der Waals surface area contributed by atoms with Gasteiger partial charge in [0.1, 0.15) is 11.7 Å². The van der Waals surface area contributed by atoms with Crippen LogP contribution in [0.2, 0.25) is 0 Å². The Bertz CT molecular complexity index is 1270. The predicted octanol–water partition coefficient (Wildman–Crippen LogP) is 5.76. The van der Waals surface area contributed by atoms with E-state index in [-0.39, 0.29) is 42.4 Å². The van der Waals surface area contributed by atoms with Crippen LogP contribution in [0.5, 0.6) is 0 Å². The molecule has 3 rings (SSSR count). The molecule has 0 aliphatic carbocycles. The van der Waals surface area contributed by atoms with Gasteiger partial charge in [-0.1, -0.05) is 0 Å². The summed E-state index contributed by atoms with van der Waals surface area (Å²) in [6.45, 7) is -0.454. The molecule has 0 bridgehead atoms. The van der Waals surface area contributed by atoms with E-state index in [0.717, 1.165) is 0 Å². The lowest BCUT2D eigenvalue weighted by atomic mass is 10.0. The van der Waals surface area contributed by atoms with Crippen LogP contribution >= 0.6 is 0 Å². The summed E-state index contributed by atoms with van der Waals surface area (Å²) in [5.74, 6) is -0.446. The lowest BCUT2D eigenvalue weighted by Crippen LogP contribution is -2.12. The lowest BCUT2D eigenvalue weighted by molar-refractivity contribution is -0.143. The minimum absolute atomic E-state index is 0.0430. The van der Waals surface area contributed by atoms with Crippen LogP contribution in [0.15, 0.2) is 48.3 Å². The van der Waals surface area contributed by atoms with E-state index < -0.39 is 29.3 Å². The van der Waals surface area contributed by atoms with Gasteiger partial charge in [-0.25, -0.2) is 4.98 Å². The summed E-state index contributed by atoms with van der Waals surface area (Å²) in [6.07, 6.45) is -4.98. The van der Waals surface area contributed by atoms with E-state index in [9.17, 15) is 36.4 Å². The third kappa shape index (κ3) is 6.27. The van der Waals surface area contributed by atoms with E-state index in [2.05, 4.69) is 4.98 Å². The van der Waals surface area contributed by atoms with E-state index >= 15 is 0 Å². The van der Waals surface area contributed by atoms with E-state index in [1.807, 2.05) is 6.07 Å². The number of ketones is 1. The summed E-state index contributed by atoms with van der Waals surface area (Å²) >= 11 is 0. The Morgan fingerprint density at radius 2 is 1.74 bits per heavy atom. The van der Waals surface area contributed by atoms with Crippen molar-refractivity contribution in [3.63, 3.8) is 0 Å². The first-order chi connectivity index (χ1) is 16.4. The van der Waals surface area contributed by atoms with Crippen molar-refractivity contribution in [2.24, 2.45) is 0 Å². The summed E-state index contributed by atoms with van der Waals surface area (Å²) in [4.78, 5) is 16.5. The summed E-state index contributed by atoms with van der Waals surface area (Å²) in [7, 11) is 0. The fourth-order valence-electron chi connectivity index (χ4n) is 3.56. The third-order valence-corrected chi connectivity index (χ3v) is 5.20. The third-order valence-electron chi connectivity index (χ3n) is 5.20. The highest BCUT2D eigenvalue weighted by Crippen LogP contribution is 2.36. The maximum Gasteiger partial charge on any atom is 0.416 e. The number of aliphatic hydroxyl groups excluding tert-OH is 1. The van der Waals surface area contributed by atoms with Crippen molar-refractivity contribution < 1.29 is 36.2 Å². The van der Waals surface area contributed by atoms with Crippen LogP contribution in [-0.4, -0.2) is 27.0 Å². The number of nitriles is 1. The molecule has 184 valence electrons. The number of allylic oxidation sites excluding steroid dienone is 1. The monoisotopic (exact) mass is 495 g/mol. The molecular formula is C24H19F6N3O2. The van der Waals surface area contributed by atoms with Crippen molar-refractivity contribution in [2.75, 3.05) is 6.61 Å². The molecule has 0 radical (unpaired) electrons. The number of pyridine rings is 1. The highest BCUT2D eigenvalue weighted by molar-refractivity contribution is 6.05. The Balaban J connectivity index is 2.05. The summed E-state index contributed by atoms with van der Waals surface area (Å²) < 4.78 is 80.7. The molecule has 5 nitrogen and oxygen atoms in total. The molecule has 3 aromatic rings. The number of nitrogens with zero attached hydrogens (tertiary/aromatic N) is 3. The molecule has 0 saturated heterocycles. The van der Waals surface area contributed by atoms with Gasteiger partial charge < -0.3 is 9.67 Å². The van der Waals surface area contributed by atoms with Gasteiger partial charge in [-0.15, -0.1) is 0 Å². The van der Waals surface area contributed by atoms with Crippen molar-refractivity contribution in [2.45, 2.75) is 38.2 Å². The Kier molecular flexibility index (Phi) is 7.65. The number of carbonyl (C=O) groups excluding carboxylic acids is 1. The van der Waals surface area contributed by atoms with Crippen LogP contribution in [0.1, 0.15) is 41.5 Å². The minimum Gasteiger partial charge on any atom is -0.396 e. The first-order valence-corrected chi connectivity index (χ1v) is 10.4. The second-order valence-corrected chi connectivity index (χ2v) is 7.77. The number of fused-ring (bicyclic) bond motifs is 1. The van der Waals surface area contributed by atoms with Gasteiger partial charge in [0.05, 0.1) is 16.7 Å². The number of aromatic nitrogens is 2. The second kappa shape index (κ2) is 10.3. The molecule has 0 aliphatic rings. The van der Waals surface area contributed by atoms with Crippen molar-refractivity contribution in [1.29, 1.82) is 5.26 Å². The molecule has 0 unspecified atom stereocenters. The van der Waals surface area contributed by atoms with Gasteiger partial charge in [-0.2, -0.15) is 31.6 Å². The molecule has 0 atom stereocenters. The first kappa shape index (κ1) is 26.0. The molecule has 2 heterocycles. The molecule has 0 fully saturated rings. The maximum atomic E-state index is 13.2. The van der Waals surface area contributed by atoms with Gasteiger partial charge in [0.25, 0.3) is 0 Å². The Morgan fingerprint density at radius 3 is 2.31 bits per heavy atom. The first-order valence-electron chi connectivity index (χ1n) is 10.4. The quantitative estimate of drug-likeness (QED) is 0.187. The second-order valence-electron chi connectivity index (χ2n) is 7.77. The van der Waals surface area contributed by atoms with E-state index in [1.54, 1.807) is 12.1 Å². The van der Waals surface area contributed by atoms with E-state index in [4.69, 9.17) is 5.11 Å². The number of hydrogen-bond acceptors (Lipinski definition) is 4. The standard InChI is InChI=1S/C24H19F6N3O2/c25-23(26,27)18-8-15(9-19(11-18)24(28,29)30)13-33-14-17(20-4-3-6-32-22(20)33)10-16(12-31)21(35)5-1-2-7-34/h3-4,6,8-11,14,34H,1-2,5,7,13H2/b16-10+. The van der Waals surface area contributed by atoms with Crippen molar-refractivity contribution in [3.05, 3.63) is 70.6 Å². The number of alkyl halides is 6. The van der Waals surface area contributed by atoms with Crippen molar-refractivity contribution in [1.82, 2.24) is 9.55 Å². The summed E-state index contributed by atoms with van der Waals surface area (Å²) in [5.41, 5.74) is -2.63. The Hall–Kier alpha value is -3.65. The molecule has 0 spiro atoms. The fraction of sp³-hybridized carbons (Fsp3) is 0.292. The van der Waals surface area contributed by atoms with Gasteiger partial charge in [-0.05, 0) is 54.8 Å². The Morgan fingerprint density at radius 1 is 1.09 bits per heavy atom. The molecular weight excluding hydrogens is 476 g/mol. The zero-order chi connectivity index (χ0) is 25.8. The highest BCUT2D eigenvalue weighted by Gasteiger charge is 2.36. The number of unbranched alkanes of at least 4 members (excludes halogenated alkanes) is 1. The molecule has 1 aromatic carbocycles. The van der Waals surface area contributed by atoms with Crippen LogP contribution in [0, 0.1) is 11.3 Å². The van der Waals surface area contributed by atoms with Crippen LogP contribution < -0.4 is 0 Å². The van der Waals surface area contributed by atoms with Crippen LogP contribution in [0.3, 0.4) is 0 Å². The number of carbonyl (C=O) groups is 1. The van der Waals surface area contributed by atoms with Gasteiger partial charge in [0.2, 0.25) is 0 Å². The summed E-state index contributed by atoms with van der Waals surface area (Å²) in [5, 5.41) is 18.7. The van der Waals surface area contributed by atoms with Crippen LogP contribution in [0.4, 0.5) is 26.3 Å². The lowest BCUT2D eigenvalue weighted by Gasteiger charge is -2.14. The van der Waals surface area contributed by atoms with Crippen molar-refractivity contribution >= 4 is 22.9 Å². The number of benzene rings is 1. The molecule has 0 saturated carbocycles. The maximum absolute atomic E-state index is 13.2. The number of Topliss-reactive ketones (excluding diaryl/α,β-unsaturated/α-hetero) is 1. The van der Waals surface area contributed by atoms with Gasteiger partial charge in [-0.3, -0.25) is 4.79 Å². The average molecular weight is 495 g/mol. The zero-order valence-corrected chi connectivity index (χ0v) is 18.1. The largest absolute Gasteiger partial charge is 0.416 e. The normalized spacial score (nSPS) is 12.7. The van der Waals surface area contributed by atoms with E-state index in [1.165, 1.54) is 23.0 Å². The summed E-state index contributed by atoms with van der Waals surface area (Å²) in [6, 6.07) is 6.36. The number of rotatable bonds is 8. The smallest absolute Gasteiger partial charge is 0.396 e. The molecule has 2 aromatic heterocycles. The topological polar surface area (TPSA) is 78.9 Å². The van der Waals surface area contributed by atoms with Crippen LogP contribution in [0.25, 0.3) is 17.1 Å². The minimum atomic E-state index is -4.97. The highest BCUT2D eigenvalue weighted by atomic mass is 19.4. The fourth-order valence-corrected chi connectivity index (χ4v) is 3.56. The molecule has 0 amide bonds. The van der Waals surface area contributed by atoms with Gasteiger partial charge in [0, 0.05) is 42.9 Å². The molecule has 1 N–H and O–H groups in total. The Labute approximate surface area is 195 Å². The molecule has 0 aliphatic heterocycles. The van der Waals surface area contributed by atoms with E-state index in [0.29, 0.717) is 35.9 Å². The average Bonchev–Trinajstić information content (AvgIpc) is 3.13. The van der Waals surface area contributed by atoms with Gasteiger partial charge in [0.15, 0.2) is 5.78 Å². The zero-order valence-electron chi connectivity index (χ0n) is 18.1. The number of hydrogen-bond donors (Lipinski definition) is 1. The molecule has 35 heavy (non-hydrogen) atoms. The van der Waals surface area contributed by atoms with Crippen LogP contribution in [-0.2, 0) is 23.7 Å². The molecule has 11 heteroatoms.